The highest BCUT2D eigenvalue weighted by Crippen LogP contribution is 2.25. The molecule has 0 atom stereocenters. The molecule has 3 heteroatoms. The van der Waals surface area contributed by atoms with Crippen molar-refractivity contribution in [1.29, 1.82) is 0 Å². The molecule has 134 valence electrons. The van der Waals surface area contributed by atoms with E-state index in [0.29, 0.717) is 11.1 Å². The Hall–Kier alpha value is -2.16. The highest BCUT2D eigenvalue weighted by atomic mass is 19.1. The number of unbranched alkanes of at least 4 members (excludes halogenated alkanes) is 6. The lowest BCUT2D eigenvalue weighted by atomic mass is 9.99. The van der Waals surface area contributed by atoms with Crippen molar-refractivity contribution in [2.24, 2.45) is 0 Å². The fourth-order valence-electron chi connectivity index (χ4n) is 3.03. The molecule has 25 heavy (non-hydrogen) atoms. The third kappa shape index (κ3) is 6.00. The van der Waals surface area contributed by atoms with Gasteiger partial charge in [-0.1, -0.05) is 69.7 Å². The summed E-state index contributed by atoms with van der Waals surface area (Å²) in [4.78, 5) is 10.9. The van der Waals surface area contributed by atoms with Crippen LogP contribution < -0.4 is 0 Å². The molecule has 0 heterocycles. The lowest BCUT2D eigenvalue weighted by molar-refractivity contribution is 0.0697. The molecule has 1 N–H and O–H groups in total. The smallest absolute Gasteiger partial charge is 0.335 e. The third-order valence-electron chi connectivity index (χ3n) is 4.55. The molecule has 0 bridgehead atoms. The lowest BCUT2D eigenvalue weighted by Crippen LogP contribution is -1.95. The van der Waals surface area contributed by atoms with E-state index in [2.05, 4.69) is 6.92 Å². The van der Waals surface area contributed by atoms with Gasteiger partial charge in [0.15, 0.2) is 0 Å². The number of aryl methyl sites for hydroxylation is 1. The summed E-state index contributed by atoms with van der Waals surface area (Å²) < 4.78 is 14.4. The minimum Gasteiger partial charge on any atom is -0.478 e. The van der Waals surface area contributed by atoms with Gasteiger partial charge in [0.2, 0.25) is 0 Å². The van der Waals surface area contributed by atoms with Crippen LogP contribution in [-0.4, -0.2) is 11.1 Å². The van der Waals surface area contributed by atoms with Gasteiger partial charge in [0.1, 0.15) is 5.82 Å². The summed E-state index contributed by atoms with van der Waals surface area (Å²) in [5.74, 6) is -1.22. The summed E-state index contributed by atoms with van der Waals surface area (Å²) in [6.07, 6.45) is 9.67. The molecule has 0 aromatic heterocycles. The van der Waals surface area contributed by atoms with Crippen molar-refractivity contribution in [3.05, 3.63) is 59.4 Å². The second-order valence-electron chi connectivity index (χ2n) is 6.57. The minimum atomic E-state index is -0.975. The minimum absolute atomic E-state index is 0.208. The number of hydrogen-bond donors (Lipinski definition) is 1. The molecule has 0 fully saturated rings. The first kappa shape index (κ1) is 19.2. The molecule has 0 amide bonds. The second kappa shape index (κ2) is 9.97. The molecule has 2 aromatic rings. The topological polar surface area (TPSA) is 37.3 Å². The molecule has 0 aliphatic rings. The maximum absolute atomic E-state index is 14.4. The van der Waals surface area contributed by atoms with Gasteiger partial charge in [0.05, 0.1) is 5.56 Å². The van der Waals surface area contributed by atoms with Gasteiger partial charge in [0, 0.05) is 5.56 Å². The Kier molecular flexibility index (Phi) is 7.65. The van der Waals surface area contributed by atoms with E-state index in [0.717, 1.165) is 18.4 Å². The van der Waals surface area contributed by atoms with Gasteiger partial charge in [-0.15, -0.1) is 0 Å². The van der Waals surface area contributed by atoms with Crippen LogP contribution in [0.3, 0.4) is 0 Å². The Labute approximate surface area is 149 Å². The largest absolute Gasteiger partial charge is 0.478 e. The molecule has 0 radical (unpaired) electrons. The molecule has 2 aromatic carbocycles. The summed E-state index contributed by atoms with van der Waals surface area (Å²) in [6.45, 7) is 2.22. The molecule has 0 unspecified atom stereocenters. The van der Waals surface area contributed by atoms with E-state index in [1.165, 1.54) is 50.7 Å². The summed E-state index contributed by atoms with van der Waals surface area (Å²) in [5, 5.41) is 8.93. The van der Waals surface area contributed by atoms with Gasteiger partial charge in [-0.25, -0.2) is 9.18 Å². The number of hydrogen-bond acceptors (Lipinski definition) is 1. The second-order valence-corrected chi connectivity index (χ2v) is 6.57. The normalized spacial score (nSPS) is 10.8. The summed E-state index contributed by atoms with van der Waals surface area (Å²) in [5.41, 5.74) is 2.45. The number of rotatable bonds is 10. The molecule has 0 aliphatic carbocycles. The summed E-state index contributed by atoms with van der Waals surface area (Å²) in [6, 6.07) is 11.7. The van der Waals surface area contributed by atoms with Gasteiger partial charge in [-0.05, 0) is 42.2 Å². The fraction of sp³-hybridized carbons (Fsp3) is 0.409. The zero-order chi connectivity index (χ0) is 18.1. The Bertz CT molecular complexity index is 677. The maximum atomic E-state index is 14.4. The van der Waals surface area contributed by atoms with Crippen molar-refractivity contribution < 1.29 is 14.3 Å². The lowest BCUT2D eigenvalue weighted by Gasteiger charge is -2.07. The Morgan fingerprint density at radius 3 is 2.16 bits per heavy atom. The average molecular weight is 342 g/mol. The Balaban J connectivity index is 1.88. The van der Waals surface area contributed by atoms with Crippen LogP contribution >= 0.6 is 0 Å². The van der Waals surface area contributed by atoms with Gasteiger partial charge in [-0.2, -0.15) is 0 Å². The molecular formula is C22H27FO2. The molecule has 0 aliphatic heterocycles. The number of carboxylic acids is 1. The van der Waals surface area contributed by atoms with Gasteiger partial charge in [-0.3, -0.25) is 0 Å². The standard InChI is InChI=1S/C22H27FO2/c1-2-3-4-5-6-7-8-9-17-10-15-20(21(23)16-17)18-11-13-19(14-12-18)22(24)25/h10-16H,2-9H2,1H3,(H,24,25). The van der Waals surface area contributed by atoms with Crippen LogP contribution in [0.5, 0.6) is 0 Å². The molecule has 2 rings (SSSR count). The van der Waals surface area contributed by atoms with E-state index in [1.54, 1.807) is 24.3 Å². The average Bonchev–Trinajstić information content (AvgIpc) is 2.61. The first-order valence-corrected chi connectivity index (χ1v) is 9.24. The molecular weight excluding hydrogens is 315 g/mol. The predicted octanol–water partition coefficient (Wildman–Crippen LogP) is 6.48. The van der Waals surface area contributed by atoms with Gasteiger partial charge in [0.25, 0.3) is 0 Å². The molecule has 0 spiro atoms. The summed E-state index contributed by atoms with van der Waals surface area (Å²) >= 11 is 0. The van der Waals surface area contributed by atoms with Crippen LogP contribution in [0.4, 0.5) is 4.39 Å². The zero-order valence-corrected chi connectivity index (χ0v) is 14.9. The van der Waals surface area contributed by atoms with E-state index < -0.39 is 5.97 Å². The number of carbonyl (C=O) groups is 1. The zero-order valence-electron chi connectivity index (χ0n) is 14.9. The van der Waals surface area contributed by atoms with Crippen LogP contribution in [0.25, 0.3) is 11.1 Å². The predicted molar refractivity (Wildman–Crippen MR) is 100 cm³/mol. The third-order valence-corrected chi connectivity index (χ3v) is 4.55. The number of carboxylic acid groups (broad SMARTS) is 1. The van der Waals surface area contributed by atoms with E-state index >= 15 is 0 Å². The highest BCUT2D eigenvalue weighted by molar-refractivity contribution is 5.88. The van der Waals surface area contributed by atoms with Crippen molar-refractivity contribution in [2.75, 3.05) is 0 Å². The van der Waals surface area contributed by atoms with E-state index in [9.17, 15) is 9.18 Å². The maximum Gasteiger partial charge on any atom is 0.335 e. The van der Waals surface area contributed by atoms with Crippen LogP contribution in [0, 0.1) is 5.82 Å². The van der Waals surface area contributed by atoms with E-state index in [4.69, 9.17) is 5.11 Å². The van der Waals surface area contributed by atoms with Crippen molar-refractivity contribution in [3.63, 3.8) is 0 Å². The number of halogens is 1. The van der Waals surface area contributed by atoms with Crippen LogP contribution in [0.2, 0.25) is 0 Å². The Morgan fingerprint density at radius 2 is 1.56 bits per heavy atom. The number of benzene rings is 2. The number of aromatic carboxylic acids is 1. The van der Waals surface area contributed by atoms with Crippen molar-refractivity contribution in [3.8, 4) is 11.1 Å². The van der Waals surface area contributed by atoms with E-state index in [1.807, 2.05) is 6.07 Å². The van der Waals surface area contributed by atoms with Crippen molar-refractivity contribution >= 4 is 5.97 Å². The van der Waals surface area contributed by atoms with Crippen molar-refractivity contribution in [1.82, 2.24) is 0 Å². The van der Waals surface area contributed by atoms with Crippen molar-refractivity contribution in [2.45, 2.75) is 58.3 Å². The van der Waals surface area contributed by atoms with Gasteiger partial charge >= 0.3 is 5.97 Å². The Morgan fingerprint density at radius 1 is 0.920 bits per heavy atom. The van der Waals surface area contributed by atoms with Gasteiger partial charge < -0.3 is 5.11 Å². The SMILES string of the molecule is CCCCCCCCCc1ccc(-c2ccc(C(=O)O)cc2)c(F)c1. The quantitative estimate of drug-likeness (QED) is 0.501. The van der Waals surface area contributed by atoms with E-state index in [-0.39, 0.29) is 11.4 Å². The van der Waals surface area contributed by atoms with Crippen LogP contribution in [0.1, 0.15) is 67.8 Å². The molecule has 2 nitrogen and oxygen atoms in total. The monoisotopic (exact) mass is 342 g/mol. The first-order valence-electron chi connectivity index (χ1n) is 9.24. The molecule has 0 saturated heterocycles. The highest BCUT2D eigenvalue weighted by Gasteiger charge is 2.08. The first-order chi connectivity index (χ1) is 12.1. The van der Waals surface area contributed by atoms with Crippen LogP contribution in [0.15, 0.2) is 42.5 Å². The van der Waals surface area contributed by atoms with Crippen LogP contribution in [-0.2, 0) is 6.42 Å². The summed E-state index contributed by atoms with van der Waals surface area (Å²) in [7, 11) is 0. The molecule has 0 saturated carbocycles. The fourth-order valence-corrected chi connectivity index (χ4v) is 3.03.